The van der Waals surface area contributed by atoms with Gasteiger partial charge in [0.05, 0.1) is 29.5 Å². The maximum absolute atomic E-state index is 12.7. The molecule has 8 heteroatoms. The molecule has 36 heavy (non-hydrogen) atoms. The Morgan fingerprint density at radius 3 is 2.67 bits per heavy atom. The first-order valence-corrected chi connectivity index (χ1v) is 13.7. The highest BCUT2D eigenvalue weighted by molar-refractivity contribution is 9.10. The van der Waals surface area contributed by atoms with Gasteiger partial charge in [0.25, 0.3) is 0 Å². The summed E-state index contributed by atoms with van der Waals surface area (Å²) in [4.78, 5) is 22.1. The number of hydrogen-bond acceptors (Lipinski definition) is 5. The zero-order valence-corrected chi connectivity index (χ0v) is 23.7. The van der Waals surface area contributed by atoms with Crippen molar-refractivity contribution in [3.05, 3.63) is 40.4 Å². The minimum atomic E-state index is 0.292. The van der Waals surface area contributed by atoms with Gasteiger partial charge in [0.15, 0.2) is 0 Å². The van der Waals surface area contributed by atoms with E-state index in [-0.39, 0.29) is 0 Å². The lowest BCUT2D eigenvalue weighted by atomic mass is 10.1. The average Bonchev–Trinajstić information content (AvgIpc) is 3.19. The number of para-hydroxylation sites is 1. The summed E-state index contributed by atoms with van der Waals surface area (Å²) < 4.78 is 8.71. The second-order valence-electron chi connectivity index (χ2n) is 9.90. The minimum Gasteiger partial charge on any atom is -0.495 e. The number of aryl methyl sites for hydroxylation is 2. The Labute approximate surface area is 222 Å². The number of piperidine rings is 1. The molecule has 1 saturated heterocycles. The summed E-state index contributed by atoms with van der Waals surface area (Å²) in [6.45, 7) is 9.12. The Bertz CT molecular complexity index is 1220. The quantitative estimate of drug-likeness (QED) is 0.330. The van der Waals surface area contributed by atoms with Crippen molar-refractivity contribution in [2.75, 3.05) is 37.0 Å². The predicted octanol–water partition coefficient (Wildman–Crippen LogP) is 6.40. The van der Waals surface area contributed by atoms with Gasteiger partial charge in [0.2, 0.25) is 11.9 Å². The van der Waals surface area contributed by atoms with E-state index in [9.17, 15) is 4.79 Å². The van der Waals surface area contributed by atoms with Crippen LogP contribution in [-0.4, -0.2) is 53.1 Å². The molecule has 1 aliphatic rings. The molecule has 7 nitrogen and oxygen atoms in total. The van der Waals surface area contributed by atoms with Crippen molar-refractivity contribution >= 4 is 50.2 Å². The molecule has 1 fully saturated rings. The molecule has 1 aliphatic heterocycles. The summed E-state index contributed by atoms with van der Waals surface area (Å²) in [6.07, 6.45) is 4.94. The smallest absolute Gasteiger partial charge is 0.222 e. The van der Waals surface area contributed by atoms with Crippen LogP contribution < -0.4 is 15.0 Å². The SMILES string of the molecule is COc1cc(Br)cc(C)c1Nc1nc2cccc(N(CCCC(=O)N3CCCCC3)C(C)C)c2n1C. The highest BCUT2D eigenvalue weighted by Crippen LogP contribution is 2.36. The van der Waals surface area contributed by atoms with Crippen molar-refractivity contribution in [1.29, 1.82) is 0 Å². The standard InChI is InChI=1S/C28H38BrN5O2/c1-19(2)34(16-10-13-25(35)33-14-7-6-8-15-33)23-12-9-11-22-27(23)32(4)28(30-22)31-26-20(3)17-21(29)18-24(26)36-5/h9,11-12,17-19H,6-8,10,13-16H2,1-5H3,(H,30,31). The third-order valence-electron chi connectivity index (χ3n) is 7.02. The number of amides is 1. The second-order valence-corrected chi connectivity index (χ2v) is 10.8. The van der Waals surface area contributed by atoms with Crippen molar-refractivity contribution in [2.24, 2.45) is 7.05 Å². The third-order valence-corrected chi connectivity index (χ3v) is 7.48. The van der Waals surface area contributed by atoms with Gasteiger partial charge in [-0.15, -0.1) is 0 Å². The van der Waals surface area contributed by atoms with Crippen LogP contribution in [0.5, 0.6) is 5.75 Å². The number of methoxy groups -OCH3 is 1. The van der Waals surface area contributed by atoms with Crippen LogP contribution in [-0.2, 0) is 11.8 Å². The summed E-state index contributed by atoms with van der Waals surface area (Å²) in [5, 5.41) is 3.50. The number of nitrogens with one attached hydrogen (secondary N) is 1. The van der Waals surface area contributed by atoms with Crippen molar-refractivity contribution < 1.29 is 9.53 Å². The lowest BCUT2D eigenvalue weighted by Crippen LogP contribution is -2.37. The number of hydrogen-bond donors (Lipinski definition) is 1. The van der Waals surface area contributed by atoms with E-state index in [0.717, 1.165) is 83.0 Å². The lowest BCUT2D eigenvalue weighted by Gasteiger charge is -2.31. The molecular formula is C28H38BrN5O2. The molecule has 0 aliphatic carbocycles. The monoisotopic (exact) mass is 555 g/mol. The Hall–Kier alpha value is -2.74. The van der Waals surface area contributed by atoms with Gasteiger partial charge in [0, 0.05) is 43.6 Å². The van der Waals surface area contributed by atoms with E-state index >= 15 is 0 Å². The number of likely N-dealkylation sites (tertiary alicyclic amines) is 1. The topological polar surface area (TPSA) is 62.6 Å². The van der Waals surface area contributed by atoms with Gasteiger partial charge in [-0.1, -0.05) is 22.0 Å². The molecule has 2 heterocycles. The fourth-order valence-electron chi connectivity index (χ4n) is 5.10. The molecule has 4 rings (SSSR count). The van der Waals surface area contributed by atoms with Gasteiger partial charge in [-0.05, 0) is 76.3 Å². The van der Waals surface area contributed by atoms with E-state index in [1.54, 1.807) is 7.11 Å². The first kappa shape index (κ1) is 26.3. The van der Waals surface area contributed by atoms with E-state index in [2.05, 4.69) is 69.7 Å². The highest BCUT2D eigenvalue weighted by Gasteiger charge is 2.21. The normalized spacial score (nSPS) is 13.9. The molecule has 0 unspecified atom stereocenters. The first-order chi connectivity index (χ1) is 17.3. The number of nitrogens with zero attached hydrogens (tertiary/aromatic N) is 4. The molecule has 1 N–H and O–H groups in total. The molecule has 1 aromatic heterocycles. The van der Waals surface area contributed by atoms with E-state index in [1.165, 1.54) is 6.42 Å². The summed E-state index contributed by atoms with van der Waals surface area (Å²) in [6, 6.07) is 10.6. The molecule has 0 spiro atoms. The number of anilines is 3. The van der Waals surface area contributed by atoms with E-state index in [1.807, 2.05) is 24.1 Å². The molecule has 0 radical (unpaired) electrons. The number of benzene rings is 2. The Morgan fingerprint density at radius 2 is 1.97 bits per heavy atom. The number of imidazole rings is 1. The van der Waals surface area contributed by atoms with Crippen LogP contribution in [0.2, 0.25) is 0 Å². The molecule has 3 aromatic rings. The summed E-state index contributed by atoms with van der Waals surface area (Å²) in [5.74, 6) is 1.81. The maximum atomic E-state index is 12.7. The number of fused-ring (bicyclic) bond motifs is 1. The van der Waals surface area contributed by atoms with Crippen LogP contribution in [0.25, 0.3) is 11.0 Å². The van der Waals surface area contributed by atoms with Crippen molar-refractivity contribution in [3.63, 3.8) is 0 Å². The minimum absolute atomic E-state index is 0.292. The molecule has 1 amide bonds. The summed E-state index contributed by atoms with van der Waals surface area (Å²) in [5.41, 5.74) is 5.11. The van der Waals surface area contributed by atoms with Crippen LogP contribution in [0.4, 0.5) is 17.3 Å². The van der Waals surface area contributed by atoms with Crippen LogP contribution >= 0.6 is 15.9 Å². The van der Waals surface area contributed by atoms with Gasteiger partial charge in [-0.25, -0.2) is 4.98 Å². The molecule has 2 aromatic carbocycles. The predicted molar refractivity (Wildman–Crippen MR) is 152 cm³/mol. The van der Waals surface area contributed by atoms with E-state index in [4.69, 9.17) is 9.72 Å². The van der Waals surface area contributed by atoms with E-state index in [0.29, 0.717) is 18.4 Å². The fraction of sp³-hybridized carbons (Fsp3) is 0.500. The number of rotatable bonds is 9. The first-order valence-electron chi connectivity index (χ1n) is 12.9. The lowest BCUT2D eigenvalue weighted by molar-refractivity contribution is -0.132. The highest BCUT2D eigenvalue weighted by atomic mass is 79.9. The van der Waals surface area contributed by atoms with Crippen molar-refractivity contribution in [2.45, 2.75) is 58.9 Å². The van der Waals surface area contributed by atoms with Crippen LogP contribution in [0, 0.1) is 6.92 Å². The van der Waals surface area contributed by atoms with Crippen LogP contribution in [0.15, 0.2) is 34.8 Å². The number of carbonyl (C=O) groups is 1. The average molecular weight is 557 g/mol. The van der Waals surface area contributed by atoms with Crippen LogP contribution in [0.3, 0.4) is 0 Å². The third kappa shape index (κ3) is 5.64. The number of ether oxygens (including phenoxy) is 1. The van der Waals surface area contributed by atoms with Gasteiger partial charge in [-0.2, -0.15) is 0 Å². The molecule has 0 atom stereocenters. The molecule has 0 bridgehead atoms. The molecule has 194 valence electrons. The van der Waals surface area contributed by atoms with E-state index < -0.39 is 0 Å². The van der Waals surface area contributed by atoms with Gasteiger partial charge < -0.3 is 24.4 Å². The van der Waals surface area contributed by atoms with Crippen molar-refractivity contribution in [3.8, 4) is 5.75 Å². The Balaban J connectivity index is 1.58. The number of carbonyl (C=O) groups excluding carboxylic acids is 1. The number of aromatic nitrogens is 2. The molecule has 0 saturated carbocycles. The van der Waals surface area contributed by atoms with Crippen molar-refractivity contribution in [1.82, 2.24) is 14.5 Å². The second kappa shape index (κ2) is 11.5. The van der Waals surface area contributed by atoms with Crippen LogP contribution in [0.1, 0.15) is 51.5 Å². The van der Waals surface area contributed by atoms with Gasteiger partial charge in [-0.3, -0.25) is 4.79 Å². The van der Waals surface area contributed by atoms with Gasteiger partial charge >= 0.3 is 0 Å². The summed E-state index contributed by atoms with van der Waals surface area (Å²) in [7, 11) is 3.72. The summed E-state index contributed by atoms with van der Waals surface area (Å²) >= 11 is 3.55. The zero-order valence-electron chi connectivity index (χ0n) is 22.1. The fourth-order valence-corrected chi connectivity index (χ4v) is 5.65. The number of halogens is 1. The largest absolute Gasteiger partial charge is 0.495 e. The van der Waals surface area contributed by atoms with Gasteiger partial charge in [0.1, 0.15) is 5.75 Å². The Kier molecular flexibility index (Phi) is 8.44. The zero-order chi connectivity index (χ0) is 25.8. The maximum Gasteiger partial charge on any atom is 0.222 e. The Morgan fingerprint density at radius 1 is 1.22 bits per heavy atom. The molecular weight excluding hydrogens is 518 g/mol.